The maximum Gasteiger partial charge on any atom is 0.340 e. The molecule has 0 aliphatic rings. The highest BCUT2D eigenvalue weighted by molar-refractivity contribution is 5.96. The van der Waals surface area contributed by atoms with Gasteiger partial charge in [0, 0.05) is 11.9 Å². The molecule has 0 aromatic carbocycles. The quantitative estimate of drug-likeness (QED) is 0.806. The van der Waals surface area contributed by atoms with Crippen LogP contribution >= 0.6 is 0 Å². The lowest BCUT2D eigenvalue weighted by molar-refractivity contribution is 0.0602. The Kier molecular flexibility index (Phi) is 3.01. The molecule has 0 aliphatic heterocycles. The molecule has 18 heavy (non-hydrogen) atoms. The van der Waals surface area contributed by atoms with Crippen LogP contribution in [-0.2, 0) is 4.74 Å². The fourth-order valence-electron chi connectivity index (χ4n) is 1.65. The fourth-order valence-corrected chi connectivity index (χ4v) is 1.65. The number of esters is 1. The Morgan fingerprint density at radius 2 is 2.11 bits per heavy atom. The predicted molar refractivity (Wildman–Crippen MR) is 66.6 cm³/mol. The van der Waals surface area contributed by atoms with Crippen molar-refractivity contribution >= 4 is 11.7 Å². The molecule has 0 saturated heterocycles. The molecule has 0 radical (unpaired) electrons. The third kappa shape index (κ3) is 1.81. The third-order valence-corrected chi connectivity index (χ3v) is 2.85. The molecule has 0 amide bonds. The Hall–Kier alpha value is -2.37. The van der Waals surface area contributed by atoms with E-state index in [0.29, 0.717) is 11.4 Å². The van der Waals surface area contributed by atoms with E-state index in [1.54, 1.807) is 10.9 Å². The molecule has 6 heteroatoms. The van der Waals surface area contributed by atoms with Gasteiger partial charge in [-0.2, -0.15) is 0 Å². The average Bonchev–Trinajstić information content (AvgIpc) is 2.70. The first-order valence-electron chi connectivity index (χ1n) is 5.40. The summed E-state index contributed by atoms with van der Waals surface area (Å²) < 4.78 is 6.42. The Morgan fingerprint density at radius 3 is 2.67 bits per heavy atom. The number of methoxy groups -OCH3 is 1. The van der Waals surface area contributed by atoms with E-state index in [1.165, 1.54) is 19.4 Å². The highest BCUT2D eigenvalue weighted by Crippen LogP contribution is 2.21. The largest absolute Gasteiger partial charge is 0.465 e. The van der Waals surface area contributed by atoms with Crippen molar-refractivity contribution in [1.82, 2.24) is 14.5 Å². The molecular formula is C12H14N4O2. The maximum atomic E-state index is 11.6. The van der Waals surface area contributed by atoms with Gasteiger partial charge in [-0.3, -0.25) is 4.57 Å². The molecule has 6 nitrogen and oxygen atoms in total. The van der Waals surface area contributed by atoms with Crippen LogP contribution in [0.1, 0.15) is 21.7 Å². The Labute approximate surface area is 104 Å². The lowest BCUT2D eigenvalue weighted by atomic mass is 10.2. The second-order valence-corrected chi connectivity index (χ2v) is 3.87. The molecule has 0 spiro atoms. The SMILES string of the molecule is COC(=O)c1ccnc(-n2cnc(C)c2C)c1N. The van der Waals surface area contributed by atoms with Gasteiger partial charge >= 0.3 is 5.97 Å². The number of nitrogens with two attached hydrogens (primary N) is 1. The summed E-state index contributed by atoms with van der Waals surface area (Å²) in [4.78, 5) is 19.9. The summed E-state index contributed by atoms with van der Waals surface area (Å²) in [7, 11) is 1.31. The van der Waals surface area contributed by atoms with E-state index in [9.17, 15) is 4.79 Å². The topological polar surface area (TPSA) is 83.0 Å². The maximum absolute atomic E-state index is 11.6. The summed E-state index contributed by atoms with van der Waals surface area (Å²) in [6, 6.07) is 1.53. The van der Waals surface area contributed by atoms with Crippen LogP contribution in [0.5, 0.6) is 0 Å². The van der Waals surface area contributed by atoms with Gasteiger partial charge < -0.3 is 10.5 Å². The normalized spacial score (nSPS) is 10.4. The Balaban J connectivity index is 2.59. The highest BCUT2D eigenvalue weighted by Gasteiger charge is 2.16. The van der Waals surface area contributed by atoms with Crippen LogP contribution in [0.25, 0.3) is 5.82 Å². The number of rotatable bonds is 2. The van der Waals surface area contributed by atoms with Crippen LogP contribution in [0.4, 0.5) is 5.69 Å². The molecule has 0 saturated carbocycles. The molecule has 0 atom stereocenters. The lowest BCUT2D eigenvalue weighted by Crippen LogP contribution is -2.11. The average molecular weight is 246 g/mol. The van der Waals surface area contributed by atoms with Crippen LogP contribution in [0.2, 0.25) is 0 Å². The van der Waals surface area contributed by atoms with Crippen LogP contribution in [0.3, 0.4) is 0 Å². The zero-order chi connectivity index (χ0) is 13.3. The molecule has 2 N–H and O–H groups in total. The minimum Gasteiger partial charge on any atom is -0.465 e. The van der Waals surface area contributed by atoms with E-state index in [1.807, 2.05) is 13.8 Å². The van der Waals surface area contributed by atoms with Crippen molar-refractivity contribution < 1.29 is 9.53 Å². The number of aryl methyl sites for hydroxylation is 1. The van der Waals surface area contributed by atoms with Crippen LogP contribution in [-0.4, -0.2) is 27.6 Å². The summed E-state index contributed by atoms with van der Waals surface area (Å²) >= 11 is 0. The molecule has 94 valence electrons. The van der Waals surface area contributed by atoms with Gasteiger partial charge in [0.05, 0.1) is 24.1 Å². The summed E-state index contributed by atoms with van der Waals surface area (Å²) in [5.41, 5.74) is 8.36. The van der Waals surface area contributed by atoms with E-state index >= 15 is 0 Å². The molecule has 0 aliphatic carbocycles. The van der Waals surface area contributed by atoms with Gasteiger partial charge in [0.25, 0.3) is 0 Å². The number of nitrogen functional groups attached to an aromatic ring is 1. The summed E-state index contributed by atoms with van der Waals surface area (Å²) in [5, 5.41) is 0. The molecular weight excluding hydrogens is 232 g/mol. The van der Waals surface area contributed by atoms with Gasteiger partial charge in [-0.25, -0.2) is 14.8 Å². The van der Waals surface area contributed by atoms with Crippen LogP contribution in [0, 0.1) is 13.8 Å². The van der Waals surface area contributed by atoms with E-state index in [-0.39, 0.29) is 5.69 Å². The predicted octanol–water partition coefficient (Wildman–Crippen LogP) is 1.25. The number of hydrogen-bond donors (Lipinski definition) is 1. The summed E-state index contributed by atoms with van der Waals surface area (Å²) in [5.74, 6) is 0.00152. The van der Waals surface area contributed by atoms with Crippen molar-refractivity contribution in [3.05, 3.63) is 35.5 Å². The monoisotopic (exact) mass is 246 g/mol. The smallest absolute Gasteiger partial charge is 0.340 e. The zero-order valence-electron chi connectivity index (χ0n) is 10.5. The molecule has 0 bridgehead atoms. The first-order valence-corrected chi connectivity index (χ1v) is 5.40. The number of carbonyl (C=O) groups is 1. The van der Waals surface area contributed by atoms with Crippen molar-refractivity contribution in [2.45, 2.75) is 13.8 Å². The van der Waals surface area contributed by atoms with E-state index < -0.39 is 5.97 Å². The van der Waals surface area contributed by atoms with Crippen molar-refractivity contribution in [3.8, 4) is 5.82 Å². The van der Waals surface area contributed by atoms with E-state index in [0.717, 1.165) is 11.4 Å². The summed E-state index contributed by atoms with van der Waals surface area (Å²) in [6.07, 6.45) is 3.15. The lowest BCUT2D eigenvalue weighted by Gasteiger charge is -2.10. The van der Waals surface area contributed by atoms with Gasteiger partial charge in [-0.1, -0.05) is 0 Å². The number of carbonyl (C=O) groups excluding carboxylic acids is 1. The fraction of sp³-hybridized carbons (Fsp3) is 0.250. The minimum absolute atomic E-state index is 0.282. The van der Waals surface area contributed by atoms with Gasteiger partial charge in [-0.15, -0.1) is 0 Å². The second-order valence-electron chi connectivity index (χ2n) is 3.87. The third-order valence-electron chi connectivity index (χ3n) is 2.85. The molecule has 2 rings (SSSR count). The van der Waals surface area contributed by atoms with Gasteiger partial charge in [0.15, 0.2) is 5.82 Å². The Morgan fingerprint density at radius 1 is 1.39 bits per heavy atom. The second kappa shape index (κ2) is 4.48. The number of nitrogens with zero attached hydrogens (tertiary/aromatic N) is 3. The number of pyridine rings is 1. The standard InChI is InChI=1S/C12H14N4O2/c1-7-8(2)16(6-15-7)11-10(13)9(4-5-14-11)12(17)18-3/h4-6H,13H2,1-3H3. The van der Waals surface area contributed by atoms with Gasteiger partial charge in [0.1, 0.15) is 6.33 Å². The Bertz CT molecular complexity index is 604. The van der Waals surface area contributed by atoms with Crippen molar-refractivity contribution in [3.63, 3.8) is 0 Å². The van der Waals surface area contributed by atoms with Crippen molar-refractivity contribution in [2.75, 3.05) is 12.8 Å². The molecule has 0 fully saturated rings. The first kappa shape index (κ1) is 12.1. The van der Waals surface area contributed by atoms with Crippen molar-refractivity contribution in [2.24, 2.45) is 0 Å². The molecule has 0 unspecified atom stereocenters. The molecule has 2 aromatic rings. The van der Waals surface area contributed by atoms with Crippen molar-refractivity contribution in [1.29, 1.82) is 0 Å². The summed E-state index contributed by atoms with van der Waals surface area (Å²) in [6.45, 7) is 3.81. The van der Waals surface area contributed by atoms with E-state index in [4.69, 9.17) is 5.73 Å². The van der Waals surface area contributed by atoms with Gasteiger partial charge in [0.2, 0.25) is 0 Å². The number of ether oxygens (including phenoxy) is 1. The van der Waals surface area contributed by atoms with E-state index in [2.05, 4.69) is 14.7 Å². The zero-order valence-corrected chi connectivity index (χ0v) is 10.5. The first-order chi connectivity index (χ1) is 8.56. The number of imidazole rings is 1. The molecule has 2 aromatic heterocycles. The molecule has 2 heterocycles. The van der Waals surface area contributed by atoms with Crippen LogP contribution in [0.15, 0.2) is 18.6 Å². The van der Waals surface area contributed by atoms with Gasteiger partial charge in [-0.05, 0) is 19.9 Å². The minimum atomic E-state index is -0.481. The highest BCUT2D eigenvalue weighted by atomic mass is 16.5. The number of hydrogen-bond acceptors (Lipinski definition) is 5. The van der Waals surface area contributed by atoms with Crippen LogP contribution < -0.4 is 5.73 Å². The number of aromatic nitrogens is 3. The number of anilines is 1.